The van der Waals surface area contributed by atoms with Crippen molar-refractivity contribution in [3.05, 3.63) is 45.6 Å². The van der Waals surface area contributed by atoms with E-state index < -0.39 is 0 Å². The van der Waals surface area contributed by atoms with E-state index in [1.54, 1.807) is 7.11 Å². The van der Waals surface area contributed by atoms with Crippen LogP contribution >= 0.6 is 27.7 Å². The van der Waals surface area contributed by atoms with Gasteiger partial charge >= 0.3 is 0 Å². The van der Waals surface area contributed by atoms with E-state index in [1.807, 2.05) is 38.1 Å². The maximum Gasteiger partial charge on any atom is 0.240 e. The van der Waals surface area contributed by atoms with E-state index in [0.717, 1.165) is 32.0 Å². The Balaban J connectivity index is 1.74. The monoisotopic (exact) mass is 449 g/mol. The summed E-state index contributed by atoms with van der Waals surface area (Å²) in [4.78, 5) is 31.0. The molecule has 0 spiro atoms. The SMILES string of the molecule is COc1ccc(Br)cc1CNC(=O)CN1C(=O)CSc2nc(C)cc(C)c21. The van der Waals surface area contributed by atoms with Crippen molar-refractivity contribution < 1.29 is 14.3 Å². The summed E-state index contributed by atoms with van der Waals surface area (Å²) in [6.45, 7) is 4.14. The van der Waals surface area contributed by atoms with E-state index in [4.69, 9.17) is 4.74 Å². The molecule has 0 atom stereocenters. The minimum absolute atomic E-state index is 0.0334. The Bertz CT molecular complexity index is 904. The first-order chi connectivity index (χ1) is 12.9. The zero-order valence-electron chi connectivity index (χ0n) is 15.3. The van der Waals surface area contributed by atoms with Crippen molar-refractivity contribution >= 4 is 45.2 Å². The van der Waals surface area contributed by atoms with Crippen LogP contribution in [0.1, 0.15) is 16.8 Å². The first-order valence-electron chi connectivity index (χ1n) is 8.39. The number of nitrogens with zero attached hydrogens (tertiary/aromatic N) is 2. The number of pyridine rings is 1. The van der Waals surface area contributed by atoms with Gasteiger partial charge in [-0.25, -0.2) is 4.98 Å². The van der Waals surface area contributed by atoms with Crippen molar-refractivity contribution in [3.8, 4) is 5.75 Å². The highest BCUT2D eigenvalue weighted by atomic mass is 79.9. The summed E-state index contributed by atoms with van der Waals surface area (Å²) in [5, 5.41) is 3.67. The van der Waals surface area contributed by atoms with Gasteiger partial charge in [-0.15, -0.1) is 0 Å². The molecule has 2 amide bonds. The number of halogens is 1. The Hall–Kier alpha value is -2.06. The summed E-state index contributed by atoms with van der Waals surface area (Å²) in [6, 6.07) is 7.54. The smallest absolute Gasteiger partial charge is 0.240 e. The van der Waals surface area contributed by atoms with E-state index in [0.29, 0.717) is 12.3 Å². The predicted molar refractivity (Wildman–Crippen MR) is 109 cm³/mol. The number of anilines is 1. The first-order valence-corrected chi connectivity index (χ1v) is 10.2. The number of nitrogens with one attached hydrogen (secondary N) is 1. The third kappa shape index (κ3) is 4.44. The van der Waals surface area contributed by atoms with Crippen LogP contribution in [0.5, 0.6) is 5.75 Å². The van der Waals surface area contributed by atoms with Crippen LogP contribution in [0.25, 0.3) is 0 Å². The van der Waals surface area contributed by atoms with E-state index in [-0.39, 0.29) is 24.1 Å². The second-order valence-electron chi connectivity index (χ2n) is 6.24. The number of thioether (sulfide) groups is 1. The zero-order chi connectivity index (χ0) is 19.6. The molecule has 1 aliphatic heterocycles. The molecule has 0 fully saturated rings. The minimum Gasteiger partial charge on any atom is -0.496 e. The fraction of sp³-hybridized carbons (Fsp3) is 0.316. The molecule has 0 saturated heterocycles. The number of methoxy groups -OCH3 is 1. The lowest BCUT2D eigenvalue weighted by Crippen LogP contribution is -2.43. The van der Waals surface area contributed by atoms with Crippen LogP contribution in [0.4, 0.5) is 5.69 Å². The van der Waals surface area contributed by atoms with E-state index in [9.17, 15) is 9.59 Å². The van der Waals surface area contributed by atoms with Crippen LogP contribution in [-0.4, -0.2) is 36.2 Å². The number of hydrogen-bond donors (Lipinski definition) is 1. The van der Waals surface area contributed by atoms with Crippen molar-refractivity contribution in [2.45, 2.75) is 25.4 Å². The Kier molecular flexibility index (Phi) is 6.06. The van der Waals surface area contributed by atoms with Crippen LogP contribution in [0, 0.1) is 13.8 Å². The molecular weight excluding hydrogens is 430 g/mol. The molecule has 8 heteroatoms. The molecule has 1 aromatic carbocycles. The second-order valence-corrected chi connectivity index (χ2v) is 8.12. The van der Waals surface area contributed by atoms with Crippen LogP contribution in [-0.2, 0) is 16.1 Å². The van der Waals surface area contributed by atoms with Gasteiger partial charge in [-0.2, -0.15) is 0 Å². The topological polar surface area (TPSA) is 71.5 Å². The molecular formula is C19H20BrN3O3S. The van der Waals surface area contributed by atoms with Gasteiger partial charge in [0.05, 0.1) is 18.6 Å². The minimum atomic E-state index is -0.233. The van der Waals surface area contributed by atoms with E-state index >= 15 is 0 Å². The van der Waals surface area contributed by atoms with Crippen molar-refractivity contribution in [2.75, 3.05) is 24.3 Å². The third-order valence-electron chi connectivity index (χ3n) is 4.20. The van der Waals surface area contributed by atoms with E-state index in [2.05, 4.69) is 26.2 Å². The van der Waals surface area contributed by atoms with Crippen molar-refractivity contribution in [1.82, 2.24) is 10.3 Å². The number of ether oxygens (including phenoxy) is 1. The first kappa shape index (κ1) is 19.7. The number of fused-ring (bicyclic) bond motifs is 1. The van der Waals surface area contributed by atoms with Gasteiger partial charge in [0.25, 0.3) is 0 Å². The number of amides is 2. The molecule has 0 saturated carbocycles. The van der Waals surface area contributed by atoms with Crippen LogP contribution in [0.2, 0.25) is 0 Å². The predicted octanol–water partition coefficient (Wildman–Crippen LogP) is 3.22. The van der Waals surface area contributed by atoms with Crippen molar-refractivity contribution in [1.29, 1.82) is 0 Å². The maximum atomic E-state index is 12.5. The molecule has 1 aromatic heterocycles. The number of carbonyl (C=O) groups excluding carboxylic acids is 2. The fourth-order valence-electron chi connectivity index (χ4n) is 3.00. The molecule has 0 aliphatic carbocycles. The highest BCUT2D eigenvalue weighted by Gasteiger charge is 2.29. The quantitative estimate of drug-likeness (QED) is 0.758. The lowest BCUT2D eigenvalue weighted by atomic mass is 10.2. The molecule has 0 radical (unpaired) electrons. The Morgan fingerprint density at radius 1 is 1.37 bits per heavy atom. The summed E-state index contributed by atoms with van der Waals surface area (Å²) >= 11 is 4.84. The molecule has 1 aliphatic rings. The number of rotatable bonds is 5. The molecule has 0 unspecified atom stereocenters. The largest absolute Gasteiger partial charge is 0.496 e. The molecule has 1 N–H and O–H groups in total. The highest BCUT2D eigenvalue weighted by molar-refractivity contribution is 9.10. The van der Waals surface area contributed by atoms with Gasteiger partial charge in [0, 0.05) is 22.3 Å². The molecule has 6 nitrogen and oxygen atoms in total. The molecule has 0 bridgehead atoms. The maximum absolute atomic E-state index is 12.5. The number of hydrogen-bond acceptors (Lipinski definition) is 5. The van der Waals surface area contributed by atoms with Gasteiger partial charge in [-0.1, -0.05) is 27.7 Å². The van der Waals surface area contributed by atoms with Gasteiger partial charge in [-0.3, -0.25) is 14.5 Å². The normalized spacial score (nSPS) is 13.3. The van der Waals surface area contributed by atoms with Gasteiger partial charge in [0.2, 0.25) is 11.8 Å². The lowest BCUT2D eigenvalue weighted by Gasteiger charge is -2.29. The van der Waals surface area contributed by atoms with Gasteiger partial charge in [0.15, 0.2) is 0 Å². The second kappa shape index (κ2) is 8.31. The third-order valence-corrected chi connectivity index (χ3v) is 5.65. The summed E-state index contributed by atoms with van der Waals surface area (Å²) in [7, 11) is 1.59. The standard InChI is InChI=1S/C19H20BrN3O3S/c1-11-6-12(2)22-19-18(11)23(17(25)10-27-19)9-16(24)21-8-13-7-14(20)4-5-15(13)26-3/h4-7H,8-10H2,1-3H3,(H,21,24). The number of aromatic nitrogens is 1. The fourth-order valence-corrected chi connectivity index (χ4v) is 4.44. The van der Waals surface area contributed by atoms with Crippen LogP contribution in [0.15, 0.2) is 33.8 Å². The van der Waals surface area contributed by atoms with Crippen molar-refractivity contribution in [3.63, 3.8) is 0 Å². The molecule has 2 aromatic rings. The molecule has 27 heavy (non-hydrogen) atoms. The summed E-state index contributed by atoms with van der Waals surface area (Å²) in [5.41, 5.74) is 3.44. The lowest BCUT2D eigenvalue weighted by molar-refractivity contribution is -0.123. The van der Waals surface area contributed by atoms with Gasteiger partial charge in [-0.05, 0) is 43.7 Å². The van der Waals surface area contributed by atoms with Gasteiger partial charge < -0.3 is 10.1 Å². The zero-order valence-corrected chi connectivity index (χ0v) is 17.7. The van der Waals surface area contributed by atoms with Crippen LogP contribution < -0.4 is 15.0 Å². The Labute approximate surface area is 170 Å². The average molecular weight is 450 g/mol. The number of carbonyl (C=O) groups is 2. The van der Waals surface area contributed by atoms with Gasteiger partial charge in [0.1, 0.15) is 17.3 Å². The Morgan fingerprint density at radius 2 is 2.15 bits per heavy atom. The molecule has 142 valence electrons. The summed E-state index contributed by atoms with van der Waals surface area (Å²) in [6.07, 6.45) is 0. The summed E-state index contributed by atoms with van der Waals surface area (Å²) in [5.74, 6) is 0.666. The Morgan fingerprint density at radius 3 is 2.89 bits per heavy atom. The van der Waals surface area contributed by atoms with E-state index in [1.165, 1.54) is 16.7 Å². The molecule has 3 rings (SSSR count). The summed E-state index contributed by atoms with van der Waals surface area (Å²) < 4.78 is 6.23. The molecule has 2 heterocycles. The highest BCUT2D eigenvalue weighted by Crippen LogP contribution is 2.36. The average Bonchev–Trinajstić information content (AvgIpc) is 2.62. The van der Waals surface area contributed by atoms with Crippen molar-refractivity contribution in [2.24, 2.45) is 0 Å². The number of benzene rings is 1. The number of aryl methyl sites for hydroxylation is 2. The van der Waals surface area contributed by atoms with Crippen LogP contribution in [0.3, 0.4) is 0 Å².